The first kappa shape index (κ1) is 15.0. The lowest BCUT2D eigenvalue weighted by Gasteiger charge is -2.35. The van der Waals surface area contributed by atoms with Crippen LogP contribution >= 0.6 is 0 Å². The molecule has 3 rings (SSSR count). The van der Waals surface area contributed by atoms with E-state index in [1.807, 2.05) is 18.2 Å². The van der Waals surface area contributed by atoms with Crippen LogP contribution in [0.25, 0.3) is 11.3 Å². The number of carbonyl (C=O) groups is 1. The lowest BCUT2D eigenvalue weighted by Crippen LogP contribution is -2.44. The van der Waals surface area contributed by atoms with Gasteiger partial charge >= 0.3 is 0 Å². The molecule has 1 aromatic heterocycles. The number of carbonyl (C=O) groups excluding carboxylic acids is 1. The molecule has 2 heterocycles. The molecule has 1 saturated heterocycles. The highest BCUT2D eigenvalue weighted by Crippen LogP contribution is 2.23. The summed E-state index contributed by atoms with van der Waals surface area (Å²) in [5.74, 6) is 1.08. The molecule has 2 aromatic rings. The second kappa shape index (κ2) is 6.46. The molecule has 2 atom stereocenters. The van der Waals surface area contributed by atoms with E-state index < -0.39 is 0 Å². The van der Waals surface area contributed by atoms with E-state index in [2.05, 4.69) is 30.9 Å². The van der Waals surface area contributed by atoms with Crippen molar-refractivity contribution in [1.82, 2.24) is 4.90 Å². The maximum absolute atomic E-state index is 10.7. The largest absolute Gasteiger partial charge is 0.453 e. The van der Waals surface area contributed by atoms with E-state index in [0.717, 1.165) is 37.2 Å². The van der Waals surface area contributed by atoms with Crippen LogP contribution in [0.15, 0.2) is 40.8 Å². The van der Waals surface area contributed by atoms with Gasteiger partial charge in [-0.05, 0) is 31.5 Å². The first-order chi connectivity index (χ1) is 10.6. The smallest absolute Gasteiger partial charge is 0.185 e. The van der Waals surface area contributed by atoms with Gasteiger partial charge in [0, 0.05) is 25.2 Å². The highest BCUT2D eigenvalue weighted by Gasteiger charge is 2.21. The van der Waals surface area contributed by atoms with E-state index >= 15 is 0 Å². The predicted molar refractivity (Wildman–Crippen MR) is 84.8 cm³/mol. The molecule has 0 aliphatic carbocycles. The molecule has 2 unspecified atom stereocenters. The molecule has 22 heavy (non-hydrogen) atoms. The number of hydrogen-bond donors (Lipinski definition) is 0. The van der Waals surface area contributed by atoms with Crippen molar-refractivity contribution in [2.45, 2.75) is 32.6 Å². The van der Waals surface area contributed by atoms with Gasteiger partial charge in [0.1, 0.15) is 5.76 Å². The van der Waals surface area contributed by atoms with E-state index in [0.29, 0.717) is 5.76 Å². The van der Waals surface area contributed by atoms with Crippen LogP contribution in [0.1, 0.15) is 30.0 Å². The van der Waals surface area contributed by atoms with Gasteiger partial charge in [-0.2, -0.15) is 0 Å². The summed E-state index contributed by atoms with van der Waals surface area (Å²) in [7, 11) is 0. The number of benzene rings is 1. The highest BCUT2D eigenvalue weighted by molar-refractivity contribution is 5.72. The molecule has 1 aliphatic rings. The van der Waals surface area contributed by atoms with Crippen LogP contribution in [0.2, 0.25) is 0 Å². The molecule has 1 fully saturated rings. The quantitative estimate of drug-likeness (QED) is 0.812. The van der Waals surface area contributed by atoms with E-state index in [1.165, 1.54) is 5.56 Å². The number of furan rings is 1. The first-order valence-corrected chi connectivity index (χ1v) is 7.66. The third-order valence-electron chi connectivity index (χ3n) is 3.88. The summed E-state index contributed by atoms with van der Waals surface area (Å²) < 4.78 is 11.2. The van der Waals surface area contributed by atoms with Gasteiger partial charge in [0.2, 0.25) is 0 Å². The SMILES string of the molecule is CC1CN(Cc2ccc(-c3ccc(C=O)o3)cc2)CC(C)O1. The monoisotopic (exact) mass is 299 g/mol. The second-order valence-corrected chi connectivity index (χ2v) is 5.97. The Morgan fingerprint density at radius 1 is 1.09 bits per heavy atom. The molecule has 0 amide bonds. The maximum atomic E-state index is 10.7. The Morgan fingerprint density at radius 2 is 1.77 bits per heavy atom. The van der Waals surface area contributed by atoms with Gasteiger partial charge in [-0.15, -0.1) is 0 Å². The summed E-state index contributed by atoms with van der Waals surface area (Å²) in [6.07, 6.45) is 1.29. The fourth-order valence-electron chi connectivity index (χ4n) is 3.02. The normalized spacial score (nSPS) is 22.6. The summed E-state index contributed by atoms with van der Waals surface area (Å²) in [5, 5.41) is 0. The van der Waals surface area contributed by atoms with E-state index in [4.69, 9.17) is 9.15 Å². The third-order valence-corrected chi connectivity index (χ3v) is 3.88. The molecule has 0 bridgehead atoms. The molecule has 0 N–H and O–H groups in total. The Morgan fingerprint density at radius 3 is 2.36 bits per heavy atom. The van der Waals surface area contributed by atoms with Crippen molar-refractivity contribution in [3.63, 3.8) is 0 Å². The van der Waals surface area contributed by atoms with Crippen molar-refractivity contribution in [3.8, 4) is 11.3 Å². The van der Waals surface area contributed by atoms with Crippen LogP contribution in [0, 0.1) is 0 Å². The summed E-state index contributed by atoms with van der Waals surface area (Å²) in [6, 6.07) is 11.8. The van der Waals surface area contributed by atoms with Crippen LogP contribution < -0.4 is 0 Å². The Hall–Kier alpha value is -1.91. The lowest BCUT2D eigenvalue weighted by molar-refractivity contribution is -0.0704. The minimum absolute atomic E-state index is 0.285. The standard InChI is InChI=1S/C18H21NO3/c1-13-9-19(10-14(2)21-13)11-15-3-5-16(6-4-15)18-8-7-17(12-20)22-18/h3-8,12-14H,9-11H2,1-2H3. The van der Waals surface area contributed by atoms with Crippen LogP contribution in [-0.4, -0.2) is 36.5 Å². The Balaban J connectivity index is 1.67. The fourth-order valence-corrected chi connectivity index (χ4v) is 3.02. The van der Waals surface area contributed by atoms with E-state index in [9.17, 15) is 4.79 Å². The maximum Gasteiger partial charge on any atom is 0.185 e. The van der Waals surface area contributed by atoms with Crippen LogP contribution in [0.4, 0.5) is 0 Å². The summed E-state index contributed by atoms with van der Waals surface area (Å²) in [5.41, 5.74) is 2.26. The van der Waals surface area contributed by atoms with Gasteiger partial charge in [0.15, 0.2) is 12.0 Å². The number of aldehydes is 1. The zero-order valence-corrected chi connectivity index (χ0v) is 13.0. The average molecular weight is 299 g/mol. The van der Waals surface area contributed by atoms with E-state index in [-0.39, 0.29) is 12.2 Å². The minimum Gasteiger partial charge on any atom is -0.453 e. The summed E-state index contributed by atoms with van der Waals surface area (Å²) in [6.45, 7) is 7.09. The van der Waals surface area contributed by atoms with Crippen molar-refractivity contribution in [2.75, 3.05) is 13.1 Å². The molecule has 0 spiro atoms. The van der Waals surface area contributed by atoms with Crippen molar-refractivity contribution in [1.29, 1.82) is 0 Å². The Kier molecular flexibility index (Phi) is 4.41. The number of rotatable bonds is 4. The van der Waals surface area contributed by atoms with Crippen molar-refractivity contribution in [3.05, 3.63) is 47.7 Å². The number of hydrogen-bond acceptors (Lipinski definition) is 4. The highest BCUT2D eigenvalue weighted by atomic mass is 16.5. The molecule has 0 radical (unpaired) electrons. The summed E-state index contributed by atoms with van der Waals surface area (Å²) >= 11 is 0. The Labute approximate surface area is 130 Å². The molecule has 0 saturated carbocycles. The molecule has 4 heteroatoms. The fraction of sp³-hybridized carbons (Fsp3) is 0.389. The van der Waals surface area contributed by atoms with Crippen molar-refractivity contribution < 1.29 is 13.9 Å². The van der Waals surface area contributed by atoms with Crippen LogP contribution in [0.3, 0.4) is 0 Å². The molecule has 4 nitrogen and oxygen atoms in total. The number of morpholine rings is 1. The minimum atomic E-state index is 0.285. The average Bonchev–Trinajstić information content (AvgIpc) is 2.96. The van der Waals surface area contributed by atoms with Crippen molar-refractivity contribution in [2.24, 2.45) is 0 Å². The van der Waals surface area contributed by atoms with Crippen LogP contribution in [-0.2, 0) is 11.3 Å². The topological polar surface area (TPSA) is 42.7 Å². The molecule has 1 aliphatic heterocycles. The number of ether oxygens (including phenoxy) is 1. The zero-order valence-electron chi connectivity index (χ0n) is 13.0. The van der Waals surface area contributed by atoms with Gasteiger partial charge in [-0.25, -0.2) is 0 Å². The van der Waals surface area contributed by atoms with Gasteiger partial charge in [-0.1, -0.05) is 24.3 Å². The molecular weight excluding hydrogens is 278 g/mol. The van der Waals surface area contributed by atoms with Gasteiger partial charge in [0.05, 0.1) is 12.2 Å². The Bertz CT molecular complexity index is 622. The zero-order chi connectivity index (χ0) is 15.5. The van der Waals surface area contributed by atoms with E-state index in [1.54, 1.807) is 6.07 Å². The third kappa shape index (κ3) is 3.46. The first-order valence-electron chi connectivity index (χ1n) is 7.66. The van der Waals surface area contributed by atoms with Crippen molar-refractivity contribution >= 4 is 6.29 Å². The second-order valence-electron chi connectivity index (χ2n) is 5.97. The molecular formula is C18H21NO3. The molecule has 116 valence electrons. The predicted octanol–water partition coefficient (Wildman–Crippen LogP) is 3.37. The summed E-state index contributed by atoms with van der Waals surface area (Å²) in [4.78, 5) is 13.1. The van der Waals surface area contributed by atoms with Crippen LogP contribution in [0.5, 0.6) is 0 Å². The van der Waals surface area contributed by atoms with Gasteiger partial charge in [0.25, 0.3) is 0 Å². The molecule has 1 aromatic carbocycles. The van der Waals surface area contributed by atoms with Gasteiger partial charge < -0.3 is 9.15 Å². The lowest BCUT2D eigenvalue weighted by atomic mass is 10.1. The van der Waals surface area contributed by atoms with Gasteiger partial charge in [-0.3, -0.25) is 9.69 Å². The number of nitrogens with zero attached hydrogens (tertiary/aromatic N) is 1.